The van der Waals surface area contributed by atoms with E-state index in [1.807, 2.05) is 24.0 Å². The molecule has 158 valence electrons. The maximum absolute atomic E-state index is 12.5. The van der Waals surface area contributed by atoms with Gasteiger partial charge in [0.25, 0.3) is 0 Å². The lowest BCUT2D eigenvalue weighted by Gasteiger charge is -2.25. The topological polar surface area (TPSA) is 74.8 Å². The van der Waals surface area contributed by atoms with Gasteiger partial charge in [0.1, 0.15) is 0 Å². The number of aromatic nitrogens is 1. The summed E-state index contributed by atoms with van der Waals surface area (Å²) in [6.45, 7) is 6.08. The molecule has 1 aromatic heterocycles. The molecular formula is C22H26N4O3S. The van der Waals surface area contributed by atoms with Gasteiger partial charge in [0.05, 0.1) is 25.5 Å². The summed E-state index contributed by atoms with van der Waals surface area (Å²) in [6.07, 6.45) is 2.94. The summed E-state index contributed by atoms with van der Waals surface area (Å²) in [5.74, 6) is 0.469. The molecule has 7 nitrogen and oxygen atoms in total. The van der Waals surface area contributed by atoms with Crippen molar-refractivity contribution in [2.24, 2.45) is 5.92 Å². The standard InChI is InChI=1S/C22H26N4O3S/c1-14-20(24-22(30-14)23-19(27)13-25-8-10-29-11-9-25)17-4-5-18-16(12-17)6-7-26(18)21(28)15-2-3-15/h4-5,12,15H,2-3,6-11,13H2,1H3,(H,23,24,27). The first kappa shape index (κ1) is 19.7. The van der Waals surface area contributed by atoms with Crippen LogP contribution in [0.1, 0.15) is 23.3 Å². The Bertz CT molecular complexity index is 979. The highest BCUT2D eigenvalue weighted by Crippen LogP contribution is 2.39. The lowest BCUT2D eigenvalue weighted by atomic mass is 10.1. The van der Waals surface area contributed by atoms with Crippen molar-refractivity contribution in [1.29, 1.82) is 0 Å². The highest BCUT2D eigenvalue weighted by molar-refractivity contribution is 7.16. The Labute approximate surface area is 180 Å². The van der Waals surface area contributed by atoms with Gasteiger partial charge in [-0.1, -0.05) is 6.07 Å². The van der Waals surface area contributed by atoms with Crippen molar-refractivity contribution < 1.29 is 14.3 Å². The van der Waals surface area contributed by atoms with Crippen molar-refractivity contribution in [3.05, 3.63) is 28.6 Å². The molecule has 8 heteroatoms. The number of benzene rings is 1. The quantitative estimate of drug-likeness (QED) is 0.796. The van der Waals surface area contributed by atoms with Crippen molar-refractivity contribution >= 4 is 34.0 Å². The number of ether oxygens (including phenoxy) is 1. The van der Waals surface area contributed by atoms with Gasteiger partial charge in [0.2, 0.25) is 11.8 Å². The number of anilines is 2. The van der Waals surface area contributed by atoms with Crippen LogP contribution in [-0.2, 0) is 20.7 Å². The van der Waals surface area contributed by atoms with E-state index in [0.29, 0.717) is 24.9 Å². The van der Waals surface area contributed by atoms with Gasteiger partial charge in [-0.3, -0.25) is 14.5 Å². The number of hydrogen-bond donors (Lipinski definition) is 1. The molecule has 2 amide bonds. The number of fused-ring (bicyclic) bond motifs is 1. The minimum absolute atomic E-state index is 0.0413. The molecule has 1 aromatic carbocycles. The normalized spacial score (nSPS) is 19.0. The Morgan fingerprint density at radius 3 is 2.80 bits per heavy atom. The Balaban J connectivity index is 1.29. The number of carbonyl (C=O) groups is 2. The van der Waals surface area contributed by atoms with E-state index >= 15 is 0 Å². The lowest BCUT2D eigenvalue weighted by molar-refractivity contribution is -0.120. The van der Waals surface area contributed by atoms with Crippen molar-refractivity contribution in [1.82, 2.24) is 9.88 Å². The molecule has 0 spiro atoms. The molecule has 3 heterocycles. The highest BCUT2D eigenvalue weighted by Gasteiger charge is 2.36. The van der Waals surface area contributed by atoms with Gasteiger partial charge in [0, 0.05) is 41.7 Å². The van der Waals surface area contributed by atoms with E-state index in [1.165, 1.54) is 16.9 Å². The first-order valence-corrected chi connectivity index (χ1v) is 11.4. The summed E-state index contributed by atoms with van der Waals surface area (Å²) in [5.41, 5.74) is 4.18. The smallest absolute Gasteiger partial charge is 0.240 e. The van der Waals surface area contributed by atoms with E-state index in [9.17, 15) is 9.59 Å². The molecule has 1 N–H and O–H groups in total. The largest absolute Gasteiger partial charge is 0.379 e. The van der Waals surface area contributed by atoms with E-state index in [4.69, 9.17) is 9.72 Å². The summed E-state index contributed by atoms with van der Waals surface area (Å²) >= 11 is 1.50. The second kappa shape index (κ2) is 8.09. The third-order valence-electron chi connectivity index (χ3n) is 5.95. The molecule has 3 aliphatic rings. The van der Waals surface area contributed by atoms with E-state index in [2.05, 4.69) is 16.3 Å². The third kappa shape index (κ3) is 3.99. The molecule has 1 saturated carbocycles. The first-order valence-electron chi connectivity index (χ1n) is 10.6. The molecule has 30 heavy (non-hydrogen) atoms. The zero-order chi connectivity index (χ0) is 20.7. The van der Waals surface area contributed by atoms with Crippen molar-refractivity contribution in [2.75, 3.05) is 49.6 Å². The fourth-order valence-electron chi connectivity index (χ4n) is 4.17. The number of nitrogens with one attached hydrogen (secondary N) is 1. The predicted molar refractivity (Wildman–Crippen MR) is 117 cm³/mol. The highest BCUT2D eigenvalue weighted by atomic mass is 32.1. The number of amides is 2. The van der Waals surface area contributed by atoms with Crippen molar-refractivity contribution in [3.8, 4) is 11.3 Å². The Morgan fingerprint density at radius 1 is 1.23 bits per heavy atom. The number of thiazole rings is 1. The van der Waals surface area contributed by atoms with Crippen LogP contribution in [0.5, 0.6) is 0 Å². The summed E-state index contributed by atoms with van der Waals surface area (Å²) in [7, 11) is 0. The van der Waals surface area contributed by atoms with Gasteiger partial charge < -0.3 is 15.0 Å². The van der Waals surface area contributed by atoms with E-state index < -0.39 is 0 Å². The van der Waals surface area contributed by atoms with E-state index in [1.54, 1.807) is 0 Å². The summed E-state index contributed by atoms with van der Waals surface area (Å²) < 4.78 is 5.33. The molecule has 5 rings (SSSR count). The maximum atomic E-state index is 12.5. The summed E-state index contributed by atoms with van der Waals surface area (Å²) in [4.78, 5) is 34.7. The maximum Gasteiger partial charge on any atom is 0.240 e. The van der Waals surface area contributed by atoms with Crippen LogP contribution in [0, 0.1) is 12.8 Å². The minimum atomic E-state index is -0.0413. The number of nitrogens with zero attached hydrogens (tertiary/aromatic N) is 3. The molecule has 2 fully saturated rings. The molecule has 0 unspecified atom stereocenters. The molecule has 2 aromatic rings. The SMILES string of the molecule is Cc1sc(NC(=O)CN2CCOCC2)nc1-c1ccc2c(c1)CCN2C(=O)C1CC1. The molecule has 2 aliphatic heterocycles. The first-order chi connectivity index (χ1) is 14.6. The van der Waals surface area contributed by atoms with E-state index in [0.717, 1.165) is 60.7 Å². The second-order valence-corrected chi connectivity index (χ2v) is 9.42. The average Bonchev–Trinajstić information content (AvgIpc) is 3.41. The van der Waals surface area contributed by atoms with Gasteiger partial charge in [-0.15, -0.1) is 11.3 Å². The summed E-state index contributed by atoms with van der Waals surface area (Å²) in [6, 6.07) is 6.24. The molecule has 0 radical (unpaired) electrons. The Hall–Kier alpha value is -2.29. The van der Waals surface area contributed by atoms with Crippen LogP contribution >= 0.6 is 11.3 Å². The number of aryl methyl sites for hydroxylation is 1. The van der Waals surface area contributed by atoms with Crippen LogP contribution < -0.4 is 10.2 Å². The molecular weight excluding hydrogens is 400 g/mol. The number of hydrogen-bond acceptors (Lipinski definition) is 6. The predicted octanol–water partition coefficient (Wildman–Crippen LogP) is 2.69. The number of morpholine rings is 1. The van der Waals surface area contributed by atoms with Crippen LogP contribution in [0.2, 0.25) is 0 Å². The van der Waals surface area contributed by atoms with Gasteiger partial charge in [-0.2, -0.15) is 0 Å². The molecule has 0 bridgehead atoms. The second-order valence-electron chi connectivity index (χ2n) is 8.22. The van der Waals surface area contributed by atoms with Crippen LogP contribution in [-0.4, -0.2) is 61.1 Å². The lowest BCUT2D eigenvalue weighted by Crippen LogP contribution is -2.41. The molecule has 0 atom stereocenters. The molecule has 1 aliphatic carbocycles. The number of carbonyl (C=O) groups excluding carboxylic acids is 2. The minimum Gasteiger partial charge on any atom is -0.379 e. The van der Waals surface area contributed by atoms with Crippen LogP contribution in [0.15, 0.2) is 18.2 Å². The van der Waals surface area contributed by atoms with Crippen LogP contribution in [0.3, 0.4) is 0 Å². The van der Waals surface area contributed by atoms with Crippen molar-refractivity contribution in [3.63, 3.8) is 0 Å². The Morgan fingerprint density at radius 2 is 2.03 bits per heavy atom. The zero-order valence-electron chi connectivity index (χ0n) is 17.1. The van der Waals surface area contributed by atoms with Gasteiger partial charge >= 0.3 is 0 Å². The van der Waals surface area contributed by atoms with Crippen molar-refractivity contribution in [2.45, 2.75) is 26.2 Å². The fourth-order valence-corrected chi connectivity index (χ4v) is 5.02. The van der Waals surface area contributed by atoms with Gasteiger partial charge in [-0.05, 0) is 43.9 Å². The fraction of sp³-hybridized carbons (Fsp3) is 0.500. The number of rotatable bonds is 5. The van der Waals surface area contributed by atoms with Crippen LogP contribution in [0.25, 0.3) is 11.3 Å². The van der Waals surface area contributed by atoms with Crippen LogP contribution in [0.4, 0.5) is 10.8 Å². The third-order valence-corrected chi connectivity index (χ3v) is 6.84. The van der Waals surface area contributed by atoms with Gasteiger partial charge in [-0.25, -0.2) is 4.98 Å². The molecule has 1 saturated heterocycles. The van der Waals surface area contributed by atoms with Gasteiger partial charge in [0.15, 0.2) is 5.13 Å². The Kier molecular flexibility index (Phi) is 5.30. The summed E-state index contributed by atoms with van der Waals surface area (Å²) in [5, 5.41) is 3.58. The monoisotopic (exact) mass is 426 g/mol. The van der Waals surface area contributed by atoms with E-state index in [-0.39, 0.29) is 17.7 Å². The zero-order valence-corrected chi connectivity index (χ0v) is 18.0. The average molecular weight is 427 g/mol.